The molecule has 1 heterocycles. The van der Waals surface area contributed by atoms with Crippen LogP contribution in [0.4, 0.5) is 0 Å². The molecule has 29 heavy (non-hydrogen) atoms. The number of rotatable bonds is 7. The number of halogens is 1. The van der Waals surface area contributed by atoms with Crippen LogP contribution in [0, 0.1) is 12.3 Å². The molecule has 2 aromatic rings. The second kappa shape index (κ2) is 10.5. The van der Waals surface area contributed by atoms with Gasteiger partial charge in [0.15, 0.2) is 5.78 Å². The molecule has 2 aromatic carbocycles. The maximum atomic E-state index is 12.9. The molecule has 0 radical (unpaired) electrons. The van der Waals surface area contributed by atoms with Crippen molar-refractivity contribution in [1.82, 2.24) is 10.6 Å². The van der Waals surface area contributed by atoms with Crippen molar-refractivity contribution in [2.24, 2.45) is 5.41 Å². The van der Waals surface area contributed by atoms with Crippen LogP contribution in [0.15, 0.2) is 48.5 Å². The van der Waals surface area contributed by atoms with Gasteiger partial charge >= 0.3 is 0 Å². The molecule has 1 amide bonds. The zero-order chi connectivity index (χ0) is 20.0. The van der Waals surface area contributed by atoms with E-state index < -0.39 is 0 Å². The van der Waals surface area contributed by atoms with E-state index in [9.17, 15) is 9.59 Å². The van der Waals surface area contributed by atoms with E-state index in [2.05, 4.69) is 10.6 Å². The predicted octanol–water partition coefficient (Wildman–Crippen LogP) is 3.39. The van der Waals surface area contributed by atoms with E-state index in [4.69, 9.17) is 4.74 Å². The summed E-state index contributed by atoms with van der Waals surface area (Å²) in [6.45, 7) is 4.96. The third-order valence-corrected chi connectivity index (χ3v) is 5.47. The van der Waals surface area contributed by atoms with Gasteiger partial charge in [0.25, 0.3) is 5.91 Å². The normalized spacial score (nSPS) is 15.2. The first kappa shape index (κ1) is 23.1. The first-order chi connectivity index (χ1) is 13.5. The van der Waals surface area contributed by atoms with Crippen molar-refractivity contribution in [3.63, 3.8) is 0 Å². The minimum Gasteiger partial charge on any atom is -0.384 e. The van der Waals surface area contributed by atoms with E-state index in [0.717, 1.165) is 31.5 Å². The van der Waals surface area contributed by atoms with Gasteiger partial charge in [-0.2, -0.15) is 0 Å². The Hall–Kier alpha value is -2.21. The fraction of sp³-hybridized carbons (Fsp3) is 0.391. The summed E-state index contributed by atoms with van der Waals surface area (Å²) in [6, 6.07) is 14.4. The van der Waals surface area contributed by atoms with Crippen molar-refractivity contribution < 1.29 is 14.3 Å². The van der Waals surface area contributed by atoms with E-state index in [1.165, 1.54) is 0 Å². The van der Waals surface area contributed by atoms with E-state index in [1.54, 1.807) is 43.5 Å². The summed E-state index contributed by atoms with van der Waals surface area (Å²) in [6.07, 6.45) is 1.90. The SMILES string of the molecule is COCC1(CNC(=O)c2ccccc2C(=O)c2ccc(C)cc2)CCNCC1.Cl. The third-order valence-electron chi connectivity index (χ3n) is 5.47. The number of hydrogen-bond donors (Lipinski definition) is 2. The molecule has 6 heteroatoms. The molecule has 3 rings (SSSR count). The summed E-state index contributed by atoms with van der Waals surface area (Å²) in [4.78, 5) is 25.9. The van der Waals surface area contributed by atoms with Crippen molar-refractivity contribution in [2.45, 2.75) is 19.8 Å². The highest BCUT2D eigenvalue weighted by atomic mass is 35.5. The van der Waals surface area contributed by atoms with E-state index >= 15 is 0 Å². The van der Waals surface area contributed by atoms with Crippen molar-refractivity contribution in [1.29, 1.82) is 0 Å². The van der Waals surface area contributed by atoms with Gasteiger partial charge in [0.2, 0.25) is 0 Å². The average molecular weight is 417 g/mol. The van der Waals surface area contributed by atoms with Crippen molar-refractivity contribution in [3.05, 3.63) is 70.8 Å². The number of carbonyl (C=O) groups is 2. The number of amides is 1. The number of hydrogen-bond acceptors (Lipinski definition) is 4. The molecule has 0 aliphatic carbocycles. The molecule has 156 valence electrons. The lowest BCUT2D eigenvalue weighted by Crippen LogP contribution is -2.47. The highest BCUT2D eigenvalue weighted by molar-refractivity contribution is 6.15. The van der Waals surface area contributed by atoms with Gasteiger partial charge in [0, 0.05) is 30.2 Å². The van der Waals surface area contributed by atoms with Crippen LogP contribution in [0.1, 0.15) is 44.7 Å². The minimum atomic E-state index is -0.218. The van der Waals surface area contributed by atoms with Crippen molar-refractivity contribution in [2.75, 3.05) is 33.4 Å². The number of ether oxygens (including phenoxy) is 1. The van der Waals surface area contributed by atoms with Crippen LogP contribution < -0.4 is 10.6 Å². The Bertz CT molecular complexity index is 825. The van der Waals surface area contributed by atoms with Gasteiger partial charge in [0.1, 0.15) is 0 Å². The highest BCUT2D eigenvalue weighted by Gasteiger charge is 2.33. The number of ketones is 1. The van der Waals surface area contributed by atoms with Gasteiger partial charge in [-0.25, -0.2) is 0 Å². The van der Waals surface area contributed by atoms with Gasteiger partial charge in [-0.15, -0.1) is 12.4 Å². The molecule has 2 N–H and O–H groups in total. The molecule has 1 aliphatic rings. The molecule has 0 bridgehead atoms. The second-order valence-corrected chi connectivity index (χ2v) is 7.61. The molecule has 1 saturated heterocycles. The number of methoxy groups -OCH3 is 1. The highest BCUT2D eigenvalue weighted by Crippen LogP contribution is 2.28. The summed E-state index contributed by atoms with van der Waals surface area (Å²) in [7, 11) is 1.70. The van der Waals surface area contributed by atoms with E-state index in [1.807, 2.05) is 19.1 Å². The molecule has 0 unspecified atom stereocenters. The number of carbonyl (C=O) groups excluding carboxylic acids is 2. The Morgan fingerprint density at radius 1 is 1.03 bits per heavy atom. The number of aryl methyl sites for hydroxylation is 1. The van der Waals surface area contributed by atoms with Gasteiger partial charge in [-0.3, -0.25) is 9.59 Å². The molecular weight excluding hydrogens is 388 g/mol. The summed E-state index contributed by atoms with van der Waals surface area (Å²) in [5.41, 5.74) is 2.45. The lowest BCUT2D eigenvalue weighted by molar-refractivity contribution is 0.0511. The number of benzene rings is 2. The second-order valence-electron chi connectivity index (χ2n) is 7.61. The van der Waals surface area contributed by atoms with Crippen LogP contribution >= 0.6 is 12.4 Å². The smallest absolute Gasteiger partial charge is 0.252 e. The summed E-state index contributed by atoms with van der Waals surface area (Å²) >= 11 is 0. The predicted molar refractivity (Wildman–Crippen MR) is 117 cm³/mol. The maximum absolute atomic E-state index is 12.9. The van der Waals surface area contributed by atoms with Crippen LogP contribution in [0.3, 0.4) is 0 Å². The van der Waals surface area contributed by atoms with Gasteiger partial charge in [0.05, 0.1) is 12.2 Å². The lowest BCUT2D eigenvalue weighted by atomic mass is 9.79. The molecule has 0 atom stereocenters. The minimum absolute atomic E-state index is 0. The maximum Gasteiger partial charge on any atom is 0.252 e. The Balaban J connectivity index is 0.00000300. The van der Waals surface area contributed by atoms with Crippen molar-refractivity contribution in [3.8, 4) is 0 Å². The average Bonchev–Trinajstić information content (AvgIpc) is 2.73. The van der Waals surface area contributed by atoms with Gasteiger partial charge < -0.3 is 15.4 Å². The van der Waals surface area contributed by atoms with E-state index in [0.29, 0.717) is 29.8 Å². The molecule has 0 saturated carbocycles. The molecule has 0 spiro atoms. The number of nitrogens with one attached hydrogen (secondary N) is 2. The zero-order valence-electron chi connectivity index (χ0n) is 17.0. The fourth-order valence-electron chi connectivity index (χ4n) is 3.74. The third kappa shape index (κ3) is 5.66. The molecule has 0 aromatic heterocycles. The topological polar surface area (TPSA) is 67.4 Å². The van der Waals surface area contributed by atoms with Crippen molar-refractivity contribution >= 4 is 24.1 Å². The largest absolute Gasteiger partial charge is 0.384 e. The number of piperidine rings is 1. The van der Waals surface area contributed by atoms with Gasteiger partial charge in [-0.05, 0) is 38.9 Å². The quantitative estimate of drug-likeness (QED) is 0.679. The molecule has 1 aliphatic heterocycles. The van der Waals surface area contributed by atoms with Crippen LogP contribution in [-0.4, -0.2) is 45.0 Å². The summed E-state index contributed by atoms with van der Waals surface area (Å²) in [5.74, 6) is -0.357. The summed E-state index contributed by atoms with van der Waals surface area (Å²) in [5, 5.41) is 6.40. The van der Waals surface area contributed by atoms with Crippen LogP contribution in [0.5, 0.6) is 0 Å². The Labute approximate surface area is 178 Å². The summed E-state index contributed by atoms with van der Waals surface area (Å²) < 4.78 is 5.42. The zero-order valence-corrected chi connectivity index (χ0v) is 17.8. The Morgan fingerprint density at radius 3 is 2.28 bits per heavy atom. The Kier molecular flexibility index (Phi) is 8.38. The van der Waals surface area contributed by atoms with E-state index in [-0.39, 0.29) is 29.5 Å². The molecule has 5 nitrogen and oxygen atoms in total. The monoisotopic (exact) mass is 416 g/mol. The van der Waals surface area contributed by atoms with Crippen LogP contribution in [-0.2, 0) is 4.74 Å². The Morgan fingerprint density at radius 2 is 1.66 bits per heavy atom. The molecular formula is C23H29ClN2O3. The fourth-order valence-corrected chi connectivity index (χ4v) is 3.74. The van der Waals surface area contributed by atoms with Crippen LogP contribution in [0.2, 0.25) is 0 Å². The first-order valence-electron chi connectivity index (χ1n) is 9.73. The molecule has 1 fully saturated rings. The lowest BCUT2D eigenvalue weighted by Gasteiger charge is -2.37. The first-order valence-corrected chi connectivity index (χ1v) is 9.73. The standard InChI is InChI=1S/C23H28N2O3.ClH/c1-17-7-9-18(10-8-17)21(26)19-5-3-4-6-20(19)22(27)25-15-23(16-28-2)11-13-24-14-12-23;/h3-10,24H,11-16H2,1-2H3,(H,25,27);1H. The van der Waals surface area contributed by atoms with Gasteiger partial charge in [-0.1, -0.05) is 48.0 Å². The van der Waals surface area contributed by atoms with Crippen LogP contribution in [0.25, 0.3) is 0 Å².